The molecular weight excluding hydrogens is 416 g/mol. The number of aryl methyl sites for hydroxylation is 1. The van der Waals surface area contributed by atoms with Gasteiger partial charge in [0.05, 0.1) is 24.1 Å². The minimum atomic E-state index is -3.69. The fraction of sp³-hybridized carbons (Fsp3) is 0.174. The summed E-state index contributed by atoms with van der Waals surface area (Å²) in [5.41, 5.74) is 2.84. The molecule has 0 bridgehead atoms. The quantitative estimate of drug-likeness (QED) is 0.641. The lowest BCUT2D eigenvalue weighted by Gasteiger charge is -2.17. The lowest BCUT2D eigenvalue weighted by atomic mass is 10.1. The van der Waals surface area contributed by atoms with Crippen LogP contribution >= 0.6 is 0 Å². The van der Waals surface area contributed by atoms with E-state index in [1.807, 2.05) is 25.1 Å². The normalized spacial score (nSPS) is 13.0. The monoisotopic (exact) mass is 438 g/mol. The van der Waals surface area contributed by atoms with Crippen LogP contribution in [0.4, 0.5) is 11.4 Å². The number of fused-ring (bicyclic) bond motifs is 2. The van der Waals surface area contributed by atoms with Gasteiger partial charge < -0.3 is 14.4 Å². The zero-order valence-electron chi connectivity index (χ0n) is 17.4. The molecule has 1 heterocycles. The van der Waals surface area contributed by atoms with Gasteiger partial charge in [0.15, 0.2) is 5.75 Å². The summed E-state index contributed by atoms with van der Waals surface area (Å²) in [5, 5.41) is 0. The third kappa shape index (κ3) is 4.34. The molecule has 0 saturated carbocycles. The number of carbonyl (C=O) groups excluding carboxylic acids is 1. The van der Waals surface area contributed by atoms with Crippen molar-refractivity contribution in [2.24, 2.45) is 0 Å². The van der Waals surface area contributed by atoms with Crippen LogP contribution in [0.15, 0.2) is 60.7 Å². The Hall–Kier alpha value is -3.52. The molecule has 3 aromatic carbocycles. The Kier molecular flexibility index (Phi) is 5.32. The Balaban J connectivity index is 1.59. The van der Waals surface area contributed by atoms with Crippen LogP contribution in [0.5, 0.6) is 17.2 Å². The predicted molar refractivity (Wildman–Crippen MR) is 120 cm³/mol. The summed E-state index contributed by atoms with van der Waals surface area (Å²) in [5.74, 6) is 1.10. The summed E-state index contributed by atoms with van der Waals surface area (Å²) in [6, 6.07) is 17.1. The van der Waals surface area contributed by atoms with Crippen molar-refractivity contribution in [1.29, 1.82) is 0 Å². The Morgan fingerprint density at radius 1 is 1.00 bits per heavy atom. The van der Waals surface area contributed by atoms with Crippen molar-refractivity contribution in [3.63, 3.8) is 0 Å². The first kappa shape index (κ1) is 20.7. The lowest BCUT2D eigenvalue weighted by molar-refractivity contribution is 0.0993. The number of carbonyl (C=O) groups is 1. The maximum Gasteiger partial charge on any atom is 0.261 e. The zero-order chi connectivity index (χ0) is 22.2. The molecule has 0 spiro atoms. The molecule has 1 aliphatic heterocycles. The molecule has 3 aromatic rings. The number of nitrogens with zero attached hydrogens (tertiary/aromatic N) is 1. The van der Waals surface area contributed by atoms with Crippen LogP contribution in [0.1, 0.15) is 21.5 Å². The van der Waals surface area contributed by atoms with E-state index in [1.165, 1.54) is 11.0 Å². The molecular formula is C23H22N2O5S. The molecule has 0 aromatic heterocycles. The van der Waals surface area contributed by atoms with Gasteiger partial charge in [-0.2, -0.15) is 0 Å². The first-order valence-electron chi connectivity index (χ1n) is 9.60. The number of benzene rings is 3. The number of ether oxygens (including phenoxy) is 2. The van der Waals surface area contributed by atoms with Gasteiger partial charge in [-0.25, -0.2) is 8.42 Å². The van der Waals surface area contributed by atoms with E-state index < -0.39 is 10.0 Å². The maximum atomic E-state index is 13.0. The molecule has 1 amide bonds. The fourth-order valence-corrected chi connectivity index (χ4v) is 4.58. The van der Waals surface area contributed by atoms with E-state index in [9.17, 15) is 13.2 Å². The Morgan fingerprint density at radius 2 is 1.71 bits per heavy atom. The first-order chi connectivity index (χ1) is 14.8. The van der Waals surface area contributed by atoms with Gasteiger partial charge in [-0.1, -0.05) is 18.2 Å². The van der Waals surface area contributed by atoms with Crippen LogP contribution in [-0.4, -0.2) is 28.5 Å². The van der Waals surface area contributed by atoms with Crippen molar-refractivity contribution in [1.82, 2.24) is 0 Å². The molecule has 0 fully saturated rings. The van der Waals surface area contributed by atoms with Gasteiger partial charge in [0, 0.05) is 12.7 Å². The average molecular weight is 439 g/mol. The highest BCUT2D eigenvalue weighted by molar-refractivity contribution is 7.91. The van der Waals surface area contributed by atoms with Crippen LogP contribution in [0, 0.1) is 6.92 Å². The average Bonchev–Trinajstić information content (AvgIpc) is 2.83. The second kappa shape index (κ2) is 7.96. The molecule has 1 N–H and O–H groups in total. The molecule has 8 heteroatoms. The first-order valence-corrected chi connectivity index (χ1v) is 11.2. The Labute approximate surface area is 181 Å². The highest BCUT2D eigenvalue weighted by Crippen LogP contribution is 2.39. The van der Waals surface area contributed by atoms with E-state index >= 15 is 0 Å². The second-order valence-electron chi connectivity index (χ2n) is 7.36. The standard InChI is InChI=1S/C23H22N2O5S/c1-15-4-10-22-20(12-15)25(2)23(26)19-13-17(7-11-21(19)30-22)24-31(27,28)14-16-5-8-18(29-3)9-6-16/h4-13,24H,14H2,1-3H3. The highest BCUT2D eigenvalue weighted by atomic mass is 32.2. The van der Waals surface area contributed by atoms with Gasteiger partial charge in [0.1, 0.15) is 11.5 Å². The van der Waals surface area contributed by atoms with Gasteiger partial charge >= 0.3 is 0 Å². The number of hydrogen-bond acceptors (Lipinski definition) is 5. The number of rotatable bonds is 5. The van der Waals surface area contributed by atoms with Crippen molar-refractivity contribution >= 4 is 27.3 Å². The van der Waals surface area contributed by atoms with Crippen LogP contribution in [0.2, 0.25) is 0 Å². The van der Waals surface area contributed by atoms with Crippen LogP contribution in [0.25, 0.3) is 0 Å². The van der Waals surface area contributed by atoms with Crippen LogP contribution in [0.3, 0.4) is 0 Å². The van der Waals surface area contributed by atoms with Gasteiger partial charge in [0.25, 0.3) is 5.91 Å². The third-order valence-corrected chi connectivity index (χ3v) is 6.26. The minimum absolute atomic E-state index is 0.205. The zero-order valence-corrected chi connectivity index (χ0v) is 18.2. The fourth-order valence-electron chi connectivity index (χ4n) is 3.39. The minimum Gasteiger partial charge on any atom is -0.497 e. The Bertz CT molecular complexity index is 1250. The molecule has 0 radical (unpaired) electrons. The molecule has 0 atom stereocenters. The molecule has 7 nitrogen and oxygen atoms in total. The number of methoxy groups -OCH3 is 1. The summed E-state index contributed by atoms with van der Waals surface area (Å²) in [6.45, 7) is 1.94. The number of amides is 1. The number of anilines is 2. The topological polar surface area (TPSA) is 84.9 Å². The van der Waals surface area contributed by atoms with Crippen molar-refractivity contribution in [2.75, 3.05) is 23.8 Å². The van der Waals surface area contributed by atoms with Crippen LogP contribution < -0.4 is 19.1 Å². The number of hydrogen-bond donors (Lipinski definition) is 1. The SMILES string of the molecule is COc1ccc(CS(=O)(=O)Nc2ccc3c(c2)C(=O)N(C)c2cc(C)ccc2O3)cc1. The number of nitrogens with one attached hydrogen (secondary N) is 1. The molecule has 4 rings (SSSR count). The Morgan fingerprint density at radius 3 is 2.42 bits per heavy atom. The van der Waals surface area contributed by atoms with Crippen LogP contribution in [-0.2, 0) is 15.8 Å². The molecule has 0 aliphatic carbocycles. The van der Waals surface area contributed by atoms with Gasteiger partial charge in [-0.15, -0.1) is 0 Å². The molecule has 1 aliphatic rings. The summed E-state index contributed by atoms with van der Waals surface area (Å²) < 4.78 is 38.9. The van der Waals surface area contributed by atoms with E-state index in [1.54, 1.807) is 50.6 Å². The van der Waals surface area contributed by atoms with E-state index in [4.69, 9.17) is 9.47 Å². The lowest BCUT2D eigenvalue weighted by Crippen LogP contribution is -2.25. The summed E-state index contributed by atoms with van der Waals surface area (Å²) in [7, 11) is -0.474. The summed E-state index contributed by atoms with van der Waals surface area (Å²) in [6.07, 6.45) is 0. The molecule has 0 saturated heterocycles. The second-order valence-corrected chi connectivity index (χ2v) is 9.08. The van der Waals surface area contributed by atoms with Gasteiger partial charge in [0.2, 0.25) is 10.0 Å². The summed E-state index contributed by atoms with van der Waals surface area (Å²) in [4.78, 5) is 14.5. The van der Waals surface area contributed by atoms with Crippen molar-refractivity contribution < 1.29 is 22.7 Å². The van der Waals surface area contributed by atoms with Crippen molar-refractivity contribution in [3.05, 3.63) is 77.4 Å². The van der Waals surface area contributed by atoms with Crippen molar-refractivity contribution in [2.45, 2.75) is 12.7 Å². The summed E-state index contributed by atoms with van der Waals surface area (Å²) >= 11 is 0. The predicted octanol–water partition coefficient (Wildman–Crippen LogP) is 4.33. The van der Waals surface area contributed by atoms with Gasteiger partial charge in [-0.05, 0) is 60.5 Å². The molecule has 160 valence electrons. The van der Waals surface area contributed by atoms with E-state index in [-0.39, 0.29) is 17.2 Å². The third-order valence-electron chi connectivity index (χ3n) is 5.00. The van der Waals surface area contributed by atoms with Crippen molar-refractivity contribution in [3.8, 4) is 17.2 Å². The maximum absolute atomic E-state index is 13.0. The van der Waals surface area contributed by atoms with E-state index in [0.29, 0.717) is 34.2 Å². The highest BCUT2D eigenvalue weighted by Gasteiger charge is 2.26. The molecule has 31 heavy (non-hydrogen) atoms. The van der Waals surface area contributed by atoms with Gasteiger partial charge in [-0.3, -0.25) is 9.52 Å². The largest absolute Gasteiger partial charge is 0.497 e. The number of sulfonamides is 1. The smallest absolute Gasteiger partial charge is 0.261 e. The van der Waals surface area contributed by atoms with E-state index in [0.717, 1.165) is 5.56 Å². The van der Waals surface area contributed by atoms with E-state index in [2.05, 4.69) is 4.72 Å². The molecule has 0 unspecified atom stereocenters.